The van der Waals surface area contributed by atoms with Gasteiger partial charge in [-0.15, -0.1) is 0 Å². The van der Waals surface area contributed by atoms with Crippen LogP contribution in [0.2, 0.25) is 0 Å². The summed E-state index contributed by atoms with van der Waals surface area (Å²) in [6.07, 6.45) is 0.982. The minimum Gasteiger partial charge on any atom is -0.344 e. The summed E-state index contributed by atoms with van der Waals surface area (Å²) in [4.78, 5) is 22.8. The molecule has 1 aromatic carbocycles. The molecule has 1 aliphatic heterocycles. The molecule has 5 nitrogen and oxygen atoms in total. The summed E-state index contributed by atoms with van der Waals surface area (Å²) < 4.78 is 0. The maximum Gasteiger partial charge on any atom is 0.246 e. The summed E-state index contributed by atoms with van der Waals surface area (Å²) in [7, 11) is 0. The largest absolute Gasteiger partial charge is 0.344 e. The van der Waals surface area contributed by atoms with E-state index >= 15 is 0 Å². The number of carbonyl (C=O) groups excluding carboxylic acids is 2. The number of rotatable bonds is 3. The predicted octanol–water partition coefficient (Wildman–Crippen LogP) is 0.362. The van der Waals surface area contributed by atoms with Crippen LogP contribution < -0.4 is 16.4 Å². The van der Waals surface area contributed by atoms with Gasteiger partial charge < -0.3 is 16.4 Å². The van der Waals surface area contributed by atoms with Gasteiger partial charge in [0.1, 0.15) is 6.04 Å². The highest BCUT2D eigenvalue weighted by molar-refractivity contribution is 5.98. The first-order valence-electron chi connectivity index (χ1n) is 5.58. The first-order chi connectivity index (χ1) is 8.19. The molecule has 0 unspecified atom stereocenters. The van der Waals surface area contributed by atoms with Crippen molar-refractivity contribution in [2.45, 2.75) is 25.4 Å². The lowest BCUT2D eigenvalue weighted by molar-refractivity contribution is -0.122. The summed E-state index contributed by atoms with van der Waals surface area (Å²) in [5.41, 5.74) is 7.21. The van der Waals surface area contributed by atoms with E-state index in [4.69, 9.17) is 5.73 Å². The van der Waals surface area contributed by atoms with Crippen molar-refractivity contribution in [2.75, 3.05) is 5.32 Å². The molecule has 2 amide bonds. The lowest BCUT2D eigenvalue weighted by Crippen LogP contribution is -2.37. The molecule has 1 heterocycles. The van der Waals surface area contributed by atoms with E-state index in [-0.39, 0.29) is 11.8 Å². The summed E-state index contributed by atoms with van der Waals surface area (Å²) in [5, 5.41) is 5.39. The van der Waals surface area contributed by atoms with Crippen LogP contribution in [0.25, 0.3) is 0 Å². The molecule has 1 atom stereocenters. The summed E-state index contributed by atoms with van der Waals surface area (Å²) >= 11 is 0. The van der Waals surface area contributed by atoms with Crippen LogP contribution in [-0.4, -0.2) is 17.9 Å². The van der Waals surface area contributed by atoms with Crippen molar-refractivity contribution in [3.63, 3.8) is 0 Å². The number of amides is 2. The van der Waals surface area contributed by atoms with Crippen molar-refractivity contribution in [3.05, 3.63) is 29.8 Å². The maximum atomic E-state index is 11.8. The molecule has 0 aromatic heterocycles. The number of hydrogen-bond donors (Lipinski definition) is 3. The van der Waals surface area contributed by atoms with Gasteiger partial charge in [0.15, 0.2) is 0 Å². The molecule has 4 N–H and O–H groups in total. The number of nitrogens with two attached hydrogens (primary N) is 1. The Kier molecular flexibility index (Phi) is 3.39. The molecule has 90 valence electrons. The minimum atomic E-state index is -0.406. The number of carbonyl (C=O) groups is 2. The van der Waals surface area contributed by atoms with Crippen LogP contribution in [0.5, 0.6) is 0 Å². The zero-order valence-corrected chi connectivity index (χ0v) is 9.40. The van der Waals surface area contributed by atoms with Gasteiger partial charge in [0.05, 0.1) is 0 Å². The molecular weight excluding hydrogens is 218 g/mol. The van der Waals surface area contributed by atoms with Crippen LogP contribution in [-0.2, 0) is 16.1 Å². The lowest BCUT2D eigenvalue weighted by atomic mass is 10.2. The monoisotopic (exact) mass is 233 g/mol. The van der Waals surface area contributed by atoms with E-state index in [1.165, 1.54) is 0 Å². The van der Waals surface area contributed by atoms with Crippen molar-refractivity contribution >= 4 is 17.5 Å². The van der Waals surface area contributed by atoms with Crippen molar-refractivity contribution in [1.82, 2.24) is 5.32 Å². The molecule has 1 fully saturated rings. The Morgan fingerprint density at radius 3 is 2.65 bits per heavy atom. The van der Waals surface area contributed by atoms with Crippen LogP contribution in [0.1, 0.15) is 18.4 Å². The minimum absolute atomic E-state index is 0.0661. The molecule has 1 aliphatic rings. The SMILES string of the molecule is NCc1ccc(NC(=O)[C@@H]2CCC(=O)N2)cc1. The molecule has 0 aliphatic carbocycles. The van der Waals surface area contributed by atoms with E-state index in [0.717, 1.165) is 5.56 Å². The third-order valence-electron chi connectivity index (χ3n) is 2.77. The van der Waals surface area contributed by atoms with Gasteiger partial charge >= 0.3 is 0 Å². The zero-order valence-electron chi connectivity index (χ0n) is 9.40. The Bertz CT molecular complexity index is 428. The number of nitrogens with one attached hydrogen (secondary N) is 2. The highest BCUT2D eigenvalue weighted by atomic mass is 16.2. The fraction of sp³-hybridized carbons (Fsp3) is 0.333. The van der Waals surface area contributed by atoms with Gasteiger partial charge in [0.25, 0.3) is 0 Å². The first-order valence-corrected chi connectivity index (χ1v) is 5.58. The molecule has 5 heteroatoms. The van der Waals surface area contributed by atoms with E-state index in [1.54, 1.807) is 12.1 Å². The predicted molar refractivity (Wildman–Crippen MR) is 64.1 cm³/mol. The number of benzene rings is 1. The van der Waals surface area contributed by atoms with Gasteiger partial charge in [-0.2, -0.15) is 0 Å². The average molecular weight is 233 g/mol. The Morgan fingerprint density at radius 2 is 2.12 bits per heavy atom. The van der Waals surface area contributed by atoms with Crippen LogP contribution in [0.3, 0.4) is 0 Å². The first kappa shape index (κ1) is 11.6. The zero-order chi connectivity index (χ0) is 12.3. The van der Waals surface area contributed by atoms with Crippen molar-refractivity contribution in [1.29, 1.82) is 0 Å². The smallest absolute Gasteiger partial charge is 0.246 e. The van der Waals surface area contributed by atoms with E-state index in [0.29, 0.717) is 25.1 Å². The van der Waals surface area contributed by atoms with E-state index in [2.05, 4.69) is 10.6 Å². The molecule has 17 heavy (non-hydrogen) atoms. The Labute approximate surface area is 99.4 Å². The standard InChI is InChI=1S/C12H15N3O2/c13-7-8-1-3-9(4-2-8)14-12(17)10-5-6-11(16)15-10/h1-4,10H,5-7,13H2,(H,14,17)(H,15,16)/t10-/m0/s1. The molecular formula is C12H15N3O2. The number of anilines is 1. The van der Waals surface area contributed by atoms with Gasteiger partial charge in [-0.05, 0) is 24.1 Å². The van der Waals surface area contributed by atoms with Crippen molar-refractivity contribution in [3.8, 4) is 0 Å². The fourth-order valence-electron chi connectivity index (χ4n) is 1.76. The highest BCUT2D eigenvalue weighted by Crippen LogP contribution is 2.12. The molecule has 0 spiro atoms. The van der Waals surface area contributed by atoms with Crippen LogP contribution in [0.15, 0.2) is 24.3 Å². The quantitative estimate of drug-likeness (QED) is 0.705. The third-order valence-corrected chi connectivity index (χ3v) is 2.77. The van der Waals surface area contributed by atoms with Gasteiger partial charge in [0.2, 0.25) is 11.8 Å². The highest BCUT2D eigenvalue weighted by Gasteiger charge is 2.26. The van der Waals surface area contributed by atoms with Crippen molar-refractivity contribution in [2.24, 2.45) is 5.73 Å². The second-order valence-corrected chi connectivity index (χ2v) is 4.05. The van der Waals surface area contributed by atoms with E-state index in [9.17, 15) is 9.59 Å². The molecule has 1 saturated heterocycles. The average Bonchev–Trinajstić information content (AvgIpc) is 2.77. The van der Waals surface area contributed by atoms with Crippen LogP contribution in [0, 0.1) is 0 Å². The van der Waals surface area contributed by atoms with Gasteiger partial charge in [-0.3, -0.25) is 9.59 Å². The summed E-state index contributed by atoms with van der Waals surface area (Å²) in [6, 6.07) is 6.93. The molecule has 0 radical (unpaired) electrons. The second kappa shape index (κ2) is 4.97. The Balaban J connectivity index is 1.95. The molecule has 0 bridgehead atoms. The molecule has 1 aromatic rings. The normalized spacial score (nSPS) is 18.9. The van der Waals surface area contributed by atoms with Crippen molar-refractivity contribution < 1.29 is 9.59 Å². The van der Waals surface area contributed by atoms with Gasteiger partial charge in [0, 0.05) is 18.7 Å². The topological polar surface area (TPSA) is 84.2 Å². The molecule has 2 rings (SSSR count). The lowest BCUT2D eigenvalue weighted by Gasteiger charge is -2.11. The molecule has 0 saturated carbocycles. The fourth-order valence-corrected chi connectivity index (χ4v) is 1.76. The van der Waals surface area contributed by atoms with E-state index in [1.807, 2.05) is 12.1 Å². The second-order valence-electron chi connectivity index (χ2n) is 4.05. The van der Waals surface area contributed by atoms with Gasteiger partial charge in [-0.25, -0.2) is 0 Å². The third kappa shape index (κ3) is 2.82. The number of hydrogen-bond acceptors (Lipinski definition) is 3. The Morgan fingerprint density at radius 1 is 1.41 bits per heavy atom. The summed E-state index contributed by atoms with van der Waals surface area (Å²) in [6.45, 7) is 0.479. The summed E-state index contributed by atoms with van der Waals surface area (Å²) in [5.74, 6) is -0.236. The maximum absolute atomic E-state index is 11.8. The Hall–Kier alpha value is -1.88. The van der Waals surface area contributed by atoms with Gasteiger partial charge in [-0.1, -0.05) is 12.1 Å². The van der Waals surface area contributed by atoms with E-state index < -0.39 is 6.04 Å². The van der Waals surface area contributed by atoms with Crippen LogP contribution in [0.4, 0.5) is 5.69 Å². The van der Waals surface area contributed by atoms with Crippen LogP contribution >= 0.6 is 0 Å².